The van der Waals surface area contributed by atoms with Gasteiger partial charge in [0.25, 0.3) is 0 Å². The number of hydrogen-bond donors (Lipinski definition) is 1. The molecule has 6 nitrogen and oxygen atoms in total. The van der Waals surface area contributed by atoms with Crippen LogP contribution in [0.2, 0.25) is 0 Å². The summed E-state index contributed by atoms with van der Waals surface area (Å²) in [4.78, 5) is 24.8. The van der Waals surface area contributed by atoms with E-state index in [1.54, 1.807) is 6.20 Å². The van der Waals surface area contributed by atoms with Crippen LogP contribution in [-0.2, 0) is 12.8 Å². The van der Waals surface area contributed by atoms with E-state index in [4.69, 9.17) is 15.0 Å². The summed E-state index contributed by atoms with van der Waals surface area (Å²) in [5.41, 5.74) is 24.4. The van der Waals surface area contributed by atoms with Crippen molar-refractivity contribution in [2.45, 2.75) is 31.7 Å². The van der Waals surface area contributed by atoms with E-state index in [9.17, 15) is 0 Å². The van der Waals surface area contributed by atoms with Gasteiger partial charge >= 0.3 is 0 Å². The zero-order valence-corrected chi connectivity index (χ0v) is 55.0. The van der Waals surface area contributed by atoms with Crippen molar-refractivity contribution >= 4 is 77.5 Å². The predicted molar refractivity (Wildman–Crippen MR) is 417 cm³/mol. The van der Waals surface area contributed by atoms with Gasteiger partial charge in [0.05, 0.1) is 17.4 Å². The van der Waals surface area contributed by atoms with Gasteiger partial charge in [-0.25, -0.2) is 9.97 Å². The summed E-state index contributed by atoms with van der Waals surface area (Å²) in [7, 11) is 0. The molecule has 3 aliphatic rings. The Morgan fingerprint density at radius 1 is 0.340 bits per heavy atom. The summed E-state index contributed by atoms with van der Waals surface area (Å²) in [5.74, 6) is 1.66. The third kappa shape index (κ3) is 11.6. The fourth-order valence-corrected chi connectivity index (χ4v) is 15.1. The highest BCUT2D eigenvalue weighted by molar-refractivity contribution is 6.14. The van der Waals surface area contributed by atoms with Gasteiger partial charge in [-0.05, 0) is 225 Å². The molecule has 100 heavy (non-hydrogen) atoms. The van der Waals surface area contributed by atoms with Crippen LogP contribution in [0.15, 0.2) is 339 Å². The second-order valence-electron chi connectivity index (χ2n) is 26.2. The second-order valence-corrected chi connectivity index (χ2v) is 26.2. The normalized spacial score (nSPS) is 14.0. The van der Waals surface area contributed by atoms with Gasteiger partial charge in [0.1, 0.15) is 5.84 Å². The highest BCUT2D eigenvalue weighted by Gasteiger charge is 2.27. The molecule has 472 valence electrons. The van der Waals surface area contributed by atoms with Crippen molar-refractivity contribution in [3.05, 3.63) is 367 Å². The van der Waals surface area contributed by atoms with Crippen molar-refractivity contribution in [2.75, 3.05) is 0 Å². The molecule has 0 radical (unpaired) electrons. The lowest BCUT2D eigenvalue weighted by molar-refractivity contribution is 0.859. The maximum absolute atomic E-state index is 5.50. The van der Waals surface area contributed by atoms with Crippen LogP contribution in [0.1, 0.15) is 52.3 Å². The molecule has 13 aromatic carbocycles. The molecule has 3 aromatic heterocycles. The standard InChI is InChI=1S/C49H37N3.C45H29N3/c1-2-11-33-26-36(22-21-32(33)10-1)34-12-7-14-37(27-34)47-30-48(38-15-8-13-35(28-38)40-16-9-25-50-31-40)52-49(51-47)39-23-24-45-43-19-4-3-17-41(43)42-18-5-6-20-44(42)46(45)29-39;1-2-11-31-24-34(22-21-30(31)10-1)32-13-7-15-36(25-32)43-28-44(37-16-8-14-33(26-37)38-17-9-23-46-29-38)48-45(47-43)42-27-35-12-3-4-18-39(35)40-19-5-6-20-41(40)42/h1-3,5-18,20-22,25-31,47H,4,19,23-24H2,(H,51,52);1-29H. The smallest absolute Gasteiger partial charge is 0.161 e. The number of nitrogens with one attached hydrogen (secondary N) is 1. The first-order valence-corrected chi connectivity index (χ1v) is 34.5. The number of fused-ring (bicyclic) bond motifs is 11. The van der Waals surface area contributed by atoms with Crippen LogP contribution in [0.25, 0.3) is 150 Å². The van der Waals surface area contributed by atoms with Gasteiger partial charge in [-0.3, -0.25) is 15.0 Å². The molecule has 1 atom stereocenters. The first-order valence-electron chi connectivity index (χ1n) is 34.5. The Bertz CT molecular complexity index is 6020. The number of rotatable bonds is 10. The van der Waals surface area contributed by atoms with Gasteiger partial charge in [0.2, 0.25) is 0 Å². The fourth-order valence-electron chi connectivity index (χ4n) is 15.1. The Morgan fingerprint density at radius 3 is 1.48 bits per heavy atom. The van der Waals surface area contributed by atoms with Gasteiger partial charge in [0, 0.05) is 58.3 Å². The van der Waals surface area contributed by atoms with Gasteiger partial charge in [0.15, 0.2) is 5.82 Å². The monoisotopic (exact) mass is 1280 g/mol. The third-order valence-electron chi connectivity index (χ3n) is 20.1. The molecule has 16 aromatic rings. The van der Waals surface area contributed by atoms with Crippen LogP contribution < -0.4 is 5.32 Å². The lowest BCUT2D eigenvalue weighted by Crippen LogP contribution is -2.29. The number of pyridine rings is 2. The summed E-state index contributed by atoms with van der Waals surface area (Å²) >= 11 is 0. The van der Waals surface area contributed by atoms with Crippen molar-refractivity contribution in [3.63, 3.8) is 0 Å². The average Bonchev–Trinajstić information content (AvgIpc) is 0.742. The Balaban J connectivity index is 0.000000145. The number of benzene rings is 13. The van der Waals surface area contributed by atoms with E-state index in [2.05, 4.69) is 319 Å². The van der Waals surface area contributed by atoms with Gasteiger partial charge < -0.3 is 5.32 Å². The van der Waals surface area contributed by atoms with E-state index in [0.717, 1.165) is 104 Å². The Labute approximate surface area is 581 Å². The maximum atomic E-state index is 5.50. The van der Waals surface area contributed by atoms with E-state index in [1.807, 2.05) is 30.7 Å². The third-order valence-corrected chi connectivity index (χ3v) is 20.1. The molecule has 0 saturated heterocycles. The van der Waals surface area contributed by atoms with Gasteiger partial charge in [-0.15, -0.1) is 0 Å². The molecule has 19 rings (SSSR count). The lowest BCUT2D eigenvalue weighted by Gasteiger charge is -2.29. The number of allylic oxidation sites excluding steroid dienone is 1. The molecule has 4 heterocycles. The molecule has 1 N–H and O–H groups in total. The molecule has 6 heteroatoms. The summed E-state index contributed by atoms with van der Waals surface area (Å²) in [6.45, 7) is 0. The van der Waals surface area contributed by atoms with Crippen LogP contribution in [0.4, 0.5) is 0 Å². The van der Waals surface area contributed by atoms with E-state index >= 15 is 0 Å². The Kier molecular flexibility index (Phi) is 15.5. The number of nitrogens with zero attached hydrogens (tertiary/aromatic N) is 5. The summed E-state index contributed by atoms with van der Waals surface area (Å²) in [6, 6.07) is 104. The van der Waals surface area contributed by atoms with Crippen molar-refractivity contribution in [1.29, 1.82) is 0 Å². The average molecular weight is 1280 g/mol. The first-order chi connectivity index (χ1) is 49.5. The molecule has 1 unspecified atom stereocenters. The largest absolute Gasteiger partial charge is 0.340 e. The summed E-state index contributed by atoms with van der Waals surface area (Å²) in [6.07, 6.45) is 21.0. The molecular formula is C94H66N6. The van der Waals surface area contributed by atoms with E-state index < -0.39 is 0 Å². The zero-order valence-electron chi connectivity index (χ0n) is 55.0. The van der Waals surface area contributed by atoms with Crippen LogP contribution in [0, 0.1) is 0 Å². The van der Waals surface area contributed by atoms with Crippen molar-refractivity contribution in [3.8, 4) is 78.4 Å². The van der Waals surface area contributed by atoms with Crippen LogP contribution in [0.3, 0.4) is 0 Å². The highest BCUT2D eigenvalue weighted by Crippen LogP contribution is 2.43. The second kappa shape index (κ2) is 26.0. The number of aliphatic imine (C=N–C) groups is 1. The number of amidine groups is 1. The van der Waals surface area contributed by atoms with Gasteiger partial charge in [-0.1, -0.05) is 243 Å². The lowest BCUT2D eigenvalue weighted by atomic mass is 9.79. The van der Waals surface area contributed by atoms with Crippen LogP contribution in [0.5, 0.6) is 0 Å². The molecule has 0 fully saturated rings. The molecular weight excluding hydrogens is 1210 g/mol. The topological polar surface area (TPSA) is 76.0 Å². The summed E-state index contributed by atoms with van der Waals surface area (Å²) < 4.78 is 0. The number of aromatic nitrogens is 4. The quantitative estimate of drug-likeness (QED) is 0.138. The fraction of sp³-hybridized carbons (Fsp3) is 0.0532. The first kappa shape index (κ1) is 59.7. The molecule has 0 saturated carbocycles. The van der Waals surface area contributed by atoms with Gasteiger partial charge in [-0.2, -0.15) is 0 Å². The molecule has 0 bridgehead atoms. The highest BCUT2D eigenvalue weighted by atomic mass is 15.0. The SMILES string of the molecule is C1=Cc2c(c3c(c4ccccc24)C=C(C2=NC(c4cccc(-c5ccc6ccccc6c5)c4)C=C(c4cccc(-c5cccnc5)c4)N2)CC3)CC1.c1cncc(-c2cccc(-c3cc(-c4cccc(-c5ccc6ccccc6c5)c4)nc(-c4cc5ccccc5c5ccccc45)n3)c2)c1. The summed E-state index contributed by atoms with van der Waals surface area (Å²) in [5, 5.41) is 16.2. The van der Waals surface area contributed by atoms with Crippen molar-refractivity contribution < 1.29 is 0 Å². The zero-order chi connectivity index (χ0) is 66.3. The Morgan fingerprint density at radius 2 is 0.840 bits per heavy atom. The van der Waals surface area contributed by atoms with Crippen LogP contribution >= 0.6 is 0 Å². The van der Waals surface area contributed by atoms with E-state index in [0.29, 0.717) is 5.82 Å². The Hall–Kier alpha value is -12.8. The van der Waals surface area contributed by atoms with Crippen molar-refractivity contribution in [2.24, 2.45) is 4.99 Å². The van der Waals surface area contributed by atoms with Crippen LogP contribution in [-0.4, -0.2) is 25.8 Å². The minimum absolute atomic E-state index is 0.151. The molecule has 0 spiro atoms. The molecule has 0 amide bonds. The maximum Gasteiger partial charge on any atom is 0.161 e. The minimum atomic E-state index is -0.151. The predicted octanol–water partition coefficient (Wildman–Crippen LogP) is 23.5. The van der Waals surface area contributed by atoms with E-state index in [-0.39, 0.29) is 6.04 Å². The molecule has 2 aliphatic carbocycles. The van der Waals surface area contributed by atoms with E-state index in [1.165, 1.54) is 98.6 Å². The minimum Gasteiger partial charge on any atom is -0.340 e. The molecule has 1 aliphatic heterocycles. The number of hydrogen-bond acceptors (Lipinski definition) is 6. The van der Waals surface area contributed by atoms with Crippen molar-refractivity contribution in [1.82, 2.24) is 25.3 Å².